The highest BCUT2D eigenvalue weighted by Crippen LogP contribution is 2.18. The van der Waals surface area contributed by atoms with Crippen LogP contribution in [0.2, 0.25) is 0 Å². The molecule has 0 bridgehead atoms. The van der Waals surface area contributed by atoms with Crippen molar-refractivity contribution in [2.45, 2.75) is 27.2 Å². The van der Waals surface area contributed by atoms with Gasteiger partial charge in [-0.1, -0.05) is 41.2 Å². The quantitative estimate of drug-likeness (QED) is 0.705. The average Bonchev–Trinajstić information content (AvgIpc) is 2.78. The van der Waals surface area contributed by atoms with Crippen LogP contribution in [0.15, 0.2) is 41.4 Å². The molecule has 0 atom stereocenters. The van der Waals surface area contributed by atoms with Crippen molar-refractivity contribution < 1.29 is 4.79 Å². The van der Waals surface area contributed by atoms with Crippen molar-refractivity contribution in [1.29, 1.82) is 0 Å². The highest BCUT2D eigenvalue weighted by Gasteiger charge is 2.08. The third-order valence-corrected chi connectivity index (χ3v) is 5.13. The van der Waals surface area contributed by atoms with E-state index < -0.39 is 0 Å². The molecule has 1 amide bonds. The fourth-order valence-corrected chi connectivity index (χ4v) is 3.78. The summed E-state index contributed by atoms with van der Waals surface area (Å²) >= 11 is 1.56. The number of fused-ring (bicyclic) bond motifs is 1. The predicted octanol–water partition coefficient (Wildman–Crippen LogP) is 3.84. The molecule has 3 aromatic rings. The Hall–Kier alpha value is -2.20. The number of aromatic nitrogens is 1. The summed E-state index contributed by atoms with van der Waals surface area (Å²) in [7, 11) is 1.96. The van der Waals surface area contributed by atoms with E-state index in [1.54, 1.807) is 11.3 Å². The number of benzene rings is 2. The predicted molar refractivity (Wildman–Crippen MR) is 95.7 cm³/mol. The molecular weight excluding hydrogens is 304 g/mol. The number of thiazole rings is 1. The van der Waals surface area contributed by atoms with Crippen LogP contribution >= 0.6 is 11.3 Å². The molecule has 0 aliphatic heterocycles. The van der Waals surface area contributed by atoms with Crippen LogP contribution in [0.25, 0.3) is 10.2 Å². The standard InChI is InChI=1S/C19H20N2OS/c1-12-5-7-14(3)15(9-12)11-18(22)20-19-21(4)16-8-6-13(2)10-17(16)23-19/h5-10H,11H2,1-4H3. The summed E-state index contributed by atoms with van der Waals surface area (Å²) in [6.07, 6.45) is 0.348. The first-order valence-electron chi connectivity index (χ1n) is 7.64. The van der Waals surface area contributed by atoms with Gasteiger partial charge < -0.3 is 4.57 Å². The van der Waals surface area contributed by atoms with E-state index in [4.69, 9.17) is 0 Å². The number of hydrogen-bond donors (Lipinski definition) is 0. The van der Waals surface area contributed by atoms with Crippen molar-refractivity contribution in [3.63, 3.8) is 0 Å². The Labute approximate surface area is 139 Å². The maximum absolute atomic E-state index is 12.4. The minimum atomic E-state index is -0.0995. The normalized spacial score (nSPS) is 12.1. The largest absolute Gasteiger partial charge is 0.319 e. The van der Waals surface area contributed by atoms with E-state index in [0.717, 1.165) is 26.1 Å². The third kappa shape index (κ3) is 3.27. The van der Waals surface area contributed by atoms with Gasteiger partial charge in [-0.2, -0.15) is 4.99 Å². The molecule has 0 fully saturated rings. The summed E-state index contributed by atoms with van der Waals surface area (Å²) in [5.41, 5.74) is 5.68. The molecule has 0 N–H and O–H groups in total. The second-order valence-electron chi connectivity index (χ2n) is 6.03. The molecule has 2 aromatic carbocycles. The van der Waals surface area contributed by atoms with Crippen LogP contribution in [0.5, 0.6) is 0 Å². The summed E-state index contributed by atoms with van der Waals surface area (Å²) in [5, 5.41) is 0. The van der Waals surface area contributed by atoms with Gasteiger partial charge in [-0.05, 0) is 49.6 Å². The van der Waals surface area contributed by atoms with Gasteiger partial charge in [0.25, 0.3) is 5.91 Å². The molecule has 1 aromatic heterocycles. The minimum absolute atomic E-state index is 0.0995. The van der Waals surface area contributed by atoms with Crippen LogP contribution < -0.4 is 4.80 Å². The second-order valence-corrected chi connectivity index (χ2v) is 7.04. The lowest BCUT2D eigenvalue weighted by Gasteiger charge is -2.04. The molecule has 0 saturated carbocycles. The van der Waals surface area contributed by atoms with E-state index in [0.29, 0.717) is 6.42 Å². The Balaban J connectivity index is 1.96. The maximum Gasteiger partial charge on any atom is 0.252 e. The Morgan fingerprint density at radius 1 is 1.09 bits per heavy atom. The number of amides is 1. The summed E-state index contributed by atoms with van der Waals surface area (Å²) in [5.74, 6) is -0.0995. The molecule has 3 nitrogen and oxygen atoms in total. The molecule has 0 saturated heterocycles. The van der Waals surface area contributed by atoms with Crippen LogP contribution in [0.1, 0.15) is 22.3 Å². The van der Waals surface area contributed by atoms with Crippen molar-refractivity contribution in [3.05, 3.63) is 63.5 Å². The minimum Gasteiger partial charge on any atom is -0.319 e. The lowest BCUT2D eigenvalue weighted by molar-refractivity contribution is -0.117. The van der Waals surface area contributed by atoms with Gasteiger partial charge >= 0.3 is 0 Å². The summed E-state index contributed by atoms with van der Waals surface area (Å²) < 4.78 is 3.14. The molecular formula is C19H20N2OS. The molecule has 4 heteroatoms. The number of carbonyl (C=O) groups excluding carboxylic acids is 1. The molecule has 3 rings (SSSR count). The fraction of sp³-hybridized carbons (Fsp3) is 0.263. The fourth-order valence-electron chi connectivity index (χ4n) is 2.65. The van der Waals surface area contributed by atoms with Crippen molar-refractivity contribution in [3.8, 4) is 0 Å². The van der Waals surface area contributed by atoms with Gasteiger partial charge in [-0.15, -0.1) is 0 Å². The van der Waals surface area contributed by atoms with Crippen molar-refractivity contribution in [2.24, 2.45) is 12.0 Å². The number of carbonyl (C=O) groups is 1. The summed E-state index contributed by atoms with van der Waals surface area (Å²) in [4.78, 5) is 17.5. The Bertz CT molecular complexity index is 963. The number of aryl methyl sites for hydroxylation is 4. The lowest BCUT2D eigenvalue weighted by atomic mass is 10.0. The van der Waals surface area contributed by atoms with E-state index in [-0.39, 0.29) is 5.91 Å². The molecule has 23 heavy (non-hydrogen) atoms. The first-order chi connectivity index (χ1) is 10.9. The van der Waals surface area contributed by atoms with Gasteiger partial charge in [0.1, 0.15) is 0 Å². The number of nitrogens with zero attached hydrogens (tertiary/aromatic N) is 2. The smallest absolute Gasteiger partial charge is 0.252 e. The summed E-state index contributed by atoms with van der Waals surface area (Å²) in [6, 6.07) is 12.5. The van der Waals surface area contributed by atoms with Crippen molar-refractivity contribution in [1.82, 2.24) is 4.57 Å². The van der Waals surface area contributed by atoms with Gasteiger partial charge in [0.2, 0.25) is 0 Å². The molecule has 118 valence electrons. The number of hydrogen-bond acceptors (Lipinski definition) is 2. The van der Waals surface area contributed by atoms with Gasteiger partial charge in [0, 0.05) is 7.05 Å². The van der Waals surface area contributed by atoms with E-state index in [9.17, 15) is 4.79 Å². The van der Waals surface area contributed by atoms with Crippen LogP contribution in [0.4, 0.5) is 0 Å². The van der Waals surface area contributed by atoms with E-state index >= 15 is 0 Å². The highest BCUT2D eigenvalue weighted by atomic mass is 32.1. The molecule has 0 radical (unpaired) electrons. The Kier molecular flexibility index (Phi) is 4.18. The van der Waals surface area contributed by atoms with Crippen LogP contribution in [0.3, 0.4) is 0 Å². The zero-order chi connectivity index (χ0) is 16.6. The van der Waals surface area contributed by atoms with Crippen LogP contribution in [-0.2, 0) is 18.3 Å². The number of rotatable bonds is 2. The van der Waals surface area contributed by atoms with Gasteiger partial charge in [0.15, 0.2) is 4.80 Å². The lowest BCUT2D eigenvalue weighted by Crippen LogP contribution is -2.14. The van der Waals surface area contributed by atoms with E-state index in [1.807, 2.05) is 25.5 Å². The molecule has 0 spiro atoms. The zero-order valence-corrected chi connectivity index (χ0v) is 14.7. The SMILES string of the molecule is Cc1ccc(C)c(CC(=O)N=c2sc3cc(C)ccc3n2C)c1. The summed E-state index contributed by atoms with van der Waals surface area (Å²) in [6.45, 7) is 6.14. The first-order valence-corrected chi connectivity index (χ1v) is 8.45. The first kappa shape index (κ1) is 15.7. The molecule has 0 aliphatic rings. The van der Waals surface area contributed by atoms with Crippen molar-refractivity contribution in [2.75, 3.05) is 0 Å². The monoisotopic (exact) mass is 324 g/mol. The Morgan fingerprint density at radius 3 is 2.57 bits per heavy atom. The van der Waals surface area contributed by atoms with Gasteiger partial charge in [-0.25, -0.2) is 0 Å². The highest BCUT2D eigenvalue weighted by molar-refractivity contribution is 7.16. The maximum atomic E-state index is 12.4. The van der Waals surface area contributed by atoms with E-state index in [1.165, 1.54) is 11.1 Å². The molecule has 1 heterocycles. The van der Waals surface area contributed by atoms with E-state index in [2.05, 4.69) is 48.3 Å². The zero-order valence-electron chi connectivity index (χ0n) is 13.9. The molecule has 0 unspecified atom stereocenters. The molecule has 0 aliphatic carbocycles. The third-order valence-electron chi connectivity index (χ3n) is 4.03. The van der Waals surface area contributed by atoms with Gasteiger partial charge in [-0.3, -0.25) is 4.79 Å². The van der Waals surface area contributed by atoms with Crippen LogP contribution in [-0.4, -0.2) is 10.5 Å². The van der Waals surface area contributed by atoms with Crippen molar-refractivity contribution >= 4 is 27.5 Å². The van der Waals surface area contributed by atoms with Gasteiger partial charge in [0.05, 0.1) is 16.6 Å². The second kappa shape index (κ2) is 6.13. The van der Waals surface area contributed by atoms with Crippen LogP contribution in [0, 0.1) is 20.8 Å². The Morgan fingerprint density at radius 2 is 1.78 bits per heavy atom. The topological polar surface area (TPSA) is 34.4 Å². The average molecular weight is 324 g/mol.